The lowest BCUT2D eigenvalue weighted by Gasteiger charge is -2.23. The molecule has 2 aromatic heterocycles. The van der Waals surface area contributed by atoms with E-state index in [1.165, 1.54) is 24.2 Å². The van der Waals surface area contributed by atoms with E-state index in [0.717, 1.165) is 31.0 Å². The van der Waals surface area contributed by atoms with Crippen LogP contribution in [0.2, 0.25) is 5.02 Å². The van der Waals surface area contributed by atoms with Gasteiger partial charge >= 0.3 is 0 Å². The van der Waals surface area contributed by atoms with Crippen LogP contribution < -0.4 is 16.0 Å². The first-order chi connectivity index (χ1) is 15.9. The molecule has 3 heterocycles. The van der Waals surface area contributed by atoms with Crippen LogP contribution in [0.15, 0.2) is 30.5 Å². The summed E-state index contributed by atoms with van der Waals surface area (Å²) in [5.41, 5.74) is 1.51. The Labute approximate surface area is 202 Å². The van der Waals surface area contributed by atoms with E-state index < -0.39 is 0 Å². The molecule has 33 heavy (non-hydrogen) atoms. The molecule has 10 heteroatoms. The zero-order chi connectivity index (χ0) is 23.4. The van der Waals surface area contributed by atoms with Crippen molar-refractivity contribution in [3.63, 3.8) is 0 Å². The maximum absolute atomic E-state index is 12.7. The number of para-hydroxylation sites is 1. The van der Waals surface area contributed by atoms with Crippen LogP contribution >= 0.6 is 22.9 Å². The number of halogens is 1. The maximum Gasteiger partial charge on any atom is 0.267 e. The number of rotatable bonds is 8. The van der Waals surface area contributed by atoms with Gasteiger partial charge in [-0.2, -0.15) is 0 Å². The normalized spacial score (nSPS) is 16.1. The molecular formula is C23H28ClN7OS. The lowest BCUT2D eigenvalue weighted by atomic mass is 10.2. The Kier molecular flexibility index (Phi) is 7.42. The molecule has 0 radical (unpaired) electrons. The molecule has 1 saturated heterocycles. The average molecular weight is 486 g/mol. The number of thiazole rings is 1. The van der Waals surface area contributed by atoms with Gasteiger partial charge in [0.1, 0.15) is 22.3 Å². The fourth-order valence-electron chi connectivity index (χ4n) is 4.00. The van der Waals surface area contributed by atoms with Crippen molar-refractivity contribution in [2.45, 2.75) is 39.7 Å². The molecule has 174 valence electrons. The third-order valence-corrected chi connectivity index (χ3v) is 6.91. The monoisotopic (exact) mass is 485 g/mol. The smallest absolute Gasteiger partial charge is 0.267 e. The van der Waals surface area contributed by atoms with Crippen LogP contribution in [0.3, 0.4) is 0 Å². The van der Waals surface area contributed by atoms with Gasteiger partial charge in [0.05, 0.1) is 16.9 Å². The molecule has 4 rings (SSSR count). The Hall–Kier alpha value is -2.75. The summed E-state index contributed by atoms with van der Waals surface area (Å²) in [5.74, 6) is 1.81. The van der Waals surface area contributed by atoms with Crippen molar-refractivity contribution in [1.29, 1.82) is 0 Å². The largest absolute Gasteiger partial charge is 0.368 e. The summed E-state index contributed by atoms with van der Waals surface area (Å²) in [6, 6.07) is 7.90. The van der Waals surface area contributed by atoms with E-state index in [1.807, 2.05) is 32.0 Å². The number of amides is 1. The topological polar surface area (TPSA) is 95.1 Å². The first-order valence-corrected chi connectivity index (χ1v) is 12.2. The molecule has 1 atom stereocenters. The molecule has 3 N–H and O–H groups in total. The summed E-state index contributed by atoms with van der Waals surface area (Å²) in [7, 11) is 0. The summed E-state index contributed by atoms with van der Waals surface area (Å²) in [5, 5.41) is 10.6. The molecule has 0 bridgehead atoms. The van der Waals surface area contributed by atoms with Crippen molar-refractivity contribution < 1.29 is 4.79 Å². The number of aromatic nitrogens is 3. The highest BCUT2D eigenvalue weighted by Crippen LogP contribution is 2.28. The molecule has 0 spiro atoms. The minimum atomic E-state index is -0.255. The van der Waals surface area contributed by atoms with Crippen LogP contribution in [-0.4, -0.2) is 51.4 Å². The summed E-state index contributed by atoms with van der Waals surface area (Å²) in [4.78, 5) is 29.0. The number of nitrogens with one attached hydrogen (secondary N) is 3. The van der Waals surface area contributed by atoms with E-state index in [-0.39, 0.29) is 5.91 Å². The van der Waals surface area contributed by atoms with Crippen molar-refractivity contribution in [1.82, 2.24) is 19.9 Å². The van der Waals surface area contributed by atoms with Crippen molar-refractivity contribution >= 4 is 51.3 Å². The lowest BCUT2D eigenvalue weighted by molar-refractivity contribution is 0.103. The number of aryl methyl sites for hydroxylation is 2. The van der Waals surface area contributed by atoms with E-state index in [2.05, 4.69) is 42.7 Å². The second-order valence-corrected chi connectivity index (χ2v) is 9.47. The highest BCUT2D eigenvalue weighted by atomic mass is 35.5. The SMILES string of the molecule is CCN1CCC[C@@H]1CNc1cc(Nc2ncc(C(=O)Nc3c(C)cccc3Cl)s2)nc(C)n1. The summed E-state index contributed by atoms with van der Waals surface area (Å²) < 4.78 is 0. The van der Waals surface area contributed by atoms with Crippen molar-refractivity contribution in [3.05, 3.63) is 51.7 Å². The maximum atomic E-state index is 12.7. The van der Waals surface area contributed by atoms with Crippen LogP contribution in [-0.2, 0) is 0 Å². The molecule has 0 saturated carbocycles. The Bertz CT molecular complexity index is 1120. The highest BCUT2D eigenvalue weighted by Gasteiger charge is 2.22. The van der Waals surface area contributed by atoms with Gasteiger partial charge in [0, 0.05) is 18.7 Å². The molecular weight excluding hydrogens is 458 g/mol. The molecule has 1 aliphatic rings. The second-order valence-electron chi connectivity index (χ2n) is 8.03. The molecule has 1 fully saturated rings. The molecule has 1 aromatic carbocycles. The lowest BCUT2D eigenvalue weighted by Crippen LogP contribution is -2.34. The number of carbonyl (C=O) groups excluding carboxylic acids is 1. The molecule has 1 amide bonds. The Morgan fingerprint density at radius 3 is 2.88 bits per heavy atom. The van der Waals surface area contributed by atoms with E-state index in [9.17, 15) is 4.79 Å². The molecule has 1 aliphatic heterocycles. The Morgan fingerprint density at radius 1 is 1.27 bits per heavy atom. The molecule has 3 aromatic rings. The number of likely N-dealkylation sites (tertiary alicyclic amines) is 1. The van der Waals surface area contributed by atoms with E-state index >= 15 is 0 Å². The van der Waals surface area contributed by atoms with Gasteiger partial charge in [0.15, 0.2) is 5.13 Å². The summed E-state index contributed by atoms with van der Waals surface area (Å²) >= 11 is 7.48. The molecule has 0 unspecified atom stereocenters. The Balaban J connectivity index is 1.41. The second kappa shape index (κ2) is 10.5. The van der Waals surface area contributed by atoms with Gasteiger partial charge in [-0.1, -0.05) is 42.0 Å². The zero-order valence-corrected chi connectivity index (χ0v) is 20.6. The fraction of sp³-hybridized carbons (Fsp3) is 0.391. The van der Waals surface area contributed by atoms with Gasteiger partial charge in [-0.25, -0.2) is 15.0 Å². The minimum absolute atomic E-state index is 0.255. The van der Waals surface area contributed by atoms with Gasteiger partial charge in [0.2, 0.25) is 0 Å². The number of hydrogen-bond acceptors (Lipinski definition) is 8. The zero-order valence-electron chi connectivity index (χ0n) is 19.0. The van der Waals surface area contributed by atoms with Crippen molar-refractivity contribution in [2.24, 2.45) is 0 Å². The first kappa shape index (κ1) is 23.4. The van der Waals surface area contributed by atoms with Crippen molar-refractivity contribution in [2.75, 3.05) is 35.6 Å². The van der Waals surface area contributed by atoms with E-state index in [4.69, 9.17) is 11.6 Å². The van der Waals surface area contributed by atoms with Crippen LogP contribution in [0.4, 0.5) is 22.5 Å². The standard InChI is InChI=1S/C23H28ClN7OS/c1-4-31-10-6-8-16(31)12-25-19-11-20(28-15(3)27-19)29-23-26-13-18(33-23)22(32)30-21-14(2)7-5-9-17(21)24/h5,7,9,11,13,16H,4,6,8,10,12H2,1-3H3,(H,30,32)(H2,25,26,27,28,29)/t16-/m1/s1. The predicted molar refractivity (Wildman–Crippen MR) is 135 cm³/mol. The minimum Gasteiger partial charge on any atom is -0.368 e. The first-order valence-electron chi connectivity index (χ1n) is 11.1. The highest BCUT2D eigenvalue weighted by molar-refractivity contribution is 7.17. The van der Waals surface area contributed by atoms with Gasteiger partial charge in [-0.05, 0) is 51.4 Å². The number of likely N-dealkylation sites (N-methyl/N-ethyl adjacent to an activating group) is 1. The summed E-state index contributed by atoms with van der Waals surface area (Å²) in [6.45, 7) is 9.04. The average Bonchev–Trinajstić information content (AvgIpc) is 3.43. The molecule has 0 aliphatic carbocycles. The van der Waals surface area contributed by atoms with Crippen LogP contribution in [0.1, 0.15) is 40.8 Å². The van der Waals surface area contributed by atoms with Gasteiger partial charge in [-0.15, -0.1) is 0 Å². The third kappa shape index (κ3) is 5.79. The number of anilines is 4. The van der Waals surface area contributed by atoms with Crippen LogP contribution in [0.5, 0.6) is 0 Å². The number of nitrogens with zero attached hydrogens (tertiary/aromatic N) is 4. The number of benzene rings is 1. The van der Waals surface area contributed by atoms with Gasteiger partial charge in [-0.3, -0.25) is 9.69 Å². The number of hydrogen-bond donors (Lipinski definition) is 3. The third-order valence-electron chi connectivity index (χ3n) is 5.69. The van der Waals surface area contributed by atoms with Gasteiger partial charge < -0.3 is 16.0 Å². The van der Waals surface area contributed by atoms with Crippen LogP contribution in [0, 0.1) is 13.8 Å². The van der Waals surface area contributed by atoms with E-state index in [0.29, 0.717) is 38.4 Å². The fourth-order valence-corrected chi connectivity index (χ4v) is 4.99. The summed E-state index contributed by atoms with van der Waals surface area (Å²) in [6.07, 6.45) is 3.99. The van der Waals surface area contributed by atoms with E-state index in [1.54, 1.807) is 12.3 Å². The number of carbonyl (C=O) groups is 1. The quantitative estimate of drug-likeness (QED) is 0.408. The van der Waals surface area contributed by atoms with Crippen molar-refractivity contribution in [3.8, 4) is 0 Å². The predicted octanol–water partition coefficient (Wildman–Crippen LogP) is 5.10. The molecule has 8 nitrogen and oxygen atoms in total. The Morgan fingerprint density at radius 2 is 2.09 bits per heavy atom. The van der Waals surface area contributed by atoms with Gasteiger partial charge in [0.25, 0.3) is 5.91 Å². The van der Waals surface area contributed by atoms with Crippen LogP contribution in [0.25, 0.3) is 0 Å².